The smallest absolute Gasteiger partial charge is 0.414 e. The van der Waals surface area contributed by atoms with Crippen LogP contribution in [0, 0.1) is 13.8 Å². The van der Waals surface area contributed by atoms with Crippen molar-refractivity contribution in [2.45, 2.75) is 26.1 Å². The molecule has 0 bridgehead atoms. The van der Waals surface area contributed by atoms with E-state index in [2.05, 4.69) is 4.98 Å². The highest BCUT2D eigenvalue weighted by Gasteiger charge is 2.32. The molecule has 1 atom stereocenters. The standard InChI is InChI=1S/C27H21BCl2F3NO/c1-17-6-12-21(15-23(17)29)28(22-13-7-18(2)24(30)16-22)35-26(25-5-3-4-14-34-25)19-8-10-20(11-9-19)27(31,32)33/h3-16,26H,1-2H3. The first-order valence-electron chi connectivity index (χ1n) is 10.9. The number of aryl methyl sites for hydroxylation is 2. The average Bonchev–Trinajstić information content (AvgIpc) is 2.84. The fraction of sp³-hybridized carbons (Fsp3) is 0.148. The monoisotopic (exact) mass is 513 g/mol. The summed E-state index contributed by atoms with van der Waals surface area (Å²) in [7, 11) is 0. The maximum atomic E-state index is 13.2. The van der Waals surface area contributed by atoms with Crippen LogP contribution in [-0.4, -0.2) is 11.9 Å². The average molecular weight is 514 g/mol. The molecule has 2 nitrogen and oxygen atoms in total. The molecule has 178 valence electrons. The quantitative estimate of drug-likeness (QED) is 0.260. The molecular weight excluding hydrogens is 493 g/mol. The van der Waals surface area contributed by atoms with E-state index in [0.717, 1.165) is 34.2 Å². The summed E-state index contributed by atoms with van der Waals surface area (Å²) >= 11 is 12.9. The van der Waals surface area contributed by atoms with Gasteiger partial charge in [-0.3, -0.25) is 4.98 Å². The number of benzene rings is 3. The van der Waals surface area contributed by atoms with Crippen LogP contribution in [-0.2, 0) is 10.8 Å². The summed E-state index contributed by atoms with van der Waals surface area (Å²) in [6.07, 6.45) is -3.56. The zero-order valence-corrected chi connectivity index (χ0v) is 20.5. The molecule has 0 radical (unpaired) electrons. The molecule has 4 rings (SSSR count). The fourth-order valence-corrected chi connectivity index (χ4v) is 4.11. The highest BCUT2D eigenvalue weighted by molar-refractivity contribution is 6.80. The van der Waals surface area contributed by atoms with Crippen molar-refractivity contribution in [3.05, 3.63) is 123 Å². The van der Waals surface area contributed by atoms with Crippen LogP contribution in [0.4, 0.5) is 13.2 Å². The topological polar surface area (TPSA) is 22.1 Å². The third kappa shape index (κ3) is 5.89. The van der Waals surface area contributed by atoms with Crippen LogP contribution in [0.5, 0.6) is 0 Å². The number of alkyl halides is 3. The maximum Gasteiger partial charge on any atom is 0.416 e. The second-order valence-corrected chi connectivity index (χ2v) is 9.10. The van der Waals surface area contributed by atoms with Crippen molar-refractivity contribution in [1.82, 2.24) is 4.98 Å². The lowest BCUT2D eigenvalue weighted by atomic mass is 9.55. The Hall–Kier alpha value is -2.80. The molecule has 0 spiro atoms. The Morgan fingerprint density at radius 3 is 1.83 bits per heavy atom. The van der Waals surface area contributed by atoms with E-state index in [1.54, 1.807) is 18.3 Å². The summed E-state index contributed by atoms with van der Waals surface area (Å²) in [5.74, 6) is 0. The molecule has 0 aliphatic heterocycles. The number of aromatic nitrogens is 1. The second kappa shape index (κ2) is 10.4. The molecule has 1 unspecified atom stereocenters. The Balaban J connectivity index is 1.82. The highest BCUT2D eigenvalue weighted by Crippen LogP contribution is 2.32. The van der Waals surface area contributed by atoms with Gasteiger partial charge in [0, 0.05) is 16.2 Å². The molecule has 0 saturated carbocycles. The molecule has 35 heavy (non-hydrogen) atoms. The van der Waals surface area contributed by atoms with Gasteiger partial charge in [0.1, 0.15) is 6.10 Å². The molecule has 8 heteroatoms. The van der Waals surface area contributed by atoms with E-state index in [1.165, 1.54) is 12.1 Å². The minimum Gasteiger partial charge on any atom is -0.414 e. The van der Waals surface area contributed by atoms with Crippen molar-refractivity contribution < 1.29 is 17.8 Å². The summed E-state index contributed by atoms with van der Waals surface area (Å²) in [6.45, 7) is 3.20. The summed E-state index contributed by atoms with van der Waals surface area (Å²) in [5.41, 5.74) is 3.78. The van der Waals surface area contributed by atoms with E-state index >= 15 is 0 Å². The third-order valence-corrected chi connectivity index (χ3v) is 6.58. The molecule has 1 heterocycles. The van der Waals surface area contributed by atoms with Crippen LogP contribution in [0.3, 0.4) is 0 Å². The van der Waals surface area contributed by atoms with Crippen LogP contribution in [0.2, 0.25) is 10.0 Å². The van der Waals surface area contributed by atoms with Gasteiger partial charge in [-0.1, -0.05) is 65.7 Å². The first kappa shape index (κ1) is 25.3. The van der Waals surface area contributed by atoms with Crippen LogP contribution in [0.15, 0.2) is 85.1 Å². The number of nitrogens with zero attached hydrogens (tertiary/aromatic N) is 1. The number of rotatable bonds is 6. The SMILES string of the molecule is Cc1ccc(B(OC(c2ccc(C(F)(F)F)cc2)c2ccccn2)c2ccc(C)c(Cl)c2)cc1Cl. The predicted octanol–water partition coefficient (Wildman–Crippen LogP) is 6.94. The predicted molar refractivity (Wildman–Crippen MR) is 136 cm³/mol. The minimum absolute atomic E-state index is 0.540. The van der Waals surface area contributed by atoms with E-state index in [0.29, 0.717) is 21.3 Å². The van der Waals surface area contributed by atoms with Crippen molar-refractivity contribution in [2.24, 2.45) is 0 Å². The summed E-state index contributed by atoms with van der Waals surface area (Å²) in [4.78, 5) is 4.43. The summed E-state index contributed by atoms with van der Waals surface area (Å²) in [6, 6.07) is 21.6. The Kier molecular flexibility index (Phi) is 7.55. The molecule has 1 aromatic heterocycles. The fourth-order valence-electron chi connectivity index (χ4n) is 3.73. The van der Waals surface area contributed by atoms with Gasteiger partial charge in [0.25, 0.3) is 0 Å². The van der Waals surface area contributed by atoms with Crippen LogP contribution < -0.4 is 10.9 Å². The Morgan fingerprint density at radius 2 is 1.37 bits per heavy atom. The second-order valence-electron chi connectivity index (χ2n) is 8.29. The van der Waals surface area contributed by atoms with Gasteiger partial charge in [-0.25, -0.2) is 0 Å². The molecule has 4 aromatic rings. The molecular formula is C27H21BCl2F3NO. The van der Waals surface area contributed by atoms with Gasteiger partial charge in [-0.15, -0.1) is 0 Å². The molecule has 3 aromatic carbocycles. The number of pyridine rings is 1. The number of halogens is 5. The van der Waals surface area contributed by atoms with Gasteiger partial charge >= 0.3 is 13.1 Å². The minimum atomic E-state index is -4.43. The Morgan fingerprint density at radius 1 is 0.800 bits per heavy atom. The van der Waals surface area contributed by atoms with Crippen molar-refractivity contribution >= 4 is 41.0 Å². The Bertz CT molecular complexity index is 1260. The first-order valence-corrected chi connectivity index (χ1v) is 11.6. The third-order valence-electron chi connectivity index (χ3n) is 5.77. The molecule has 0 amide bonds. The molecule has 0 fully saturated rings. The van der Waals surface area contributed by atoms with Crippen LogP contribution in [0.1, 0.15) is 34.1 Å². The van der Waals surface area contributed by atoms with E-state index < -0.39 is 24.8 Å². The van der Waals surface area contributed by atoms with Crippen molar-refractivity contribution in [1.29, 1.82) is 0 Å². The van der Waals surface area contributed by atoms with E-state index in [1.807, 2.05) is 56.3 Å². The van der Waals surface area contributed by atoms with Gasteiger partial charge in [-0.2, -0.15) is 13.2 Å². The van der Waals surface area contributed by atoms with Gasteiger partial charge in [0.2, 0.25) is 0 Å². The van der Waals surface area contributed by atoms with E-state index in [9.17, 15) is 13.2 Å². The largest absolute Gasteiger partial charge is 0.416 e. The van der Waals surface area contributed by atoms with Gasteiger partial charge in [-0.05, 0) is 77.9 Å². The number of hydrogen-bond donors (Lipinski definition) is 0. The van der Waals surface area contributed by atoms with Crippen LogP contribution in [0.25, 0.3) is 0 Å². The van der Waals surface area contributed by atoms with Crippen LogP contribution >= 0.6 is 23.2 Å². The summed E-state index contributed by atoms with van der Waals surface area (Å²) in [5, 5.41) is 1.16. The van der Waals surface area contributed by atoms with E-state index in [4.69, 9.17) is 27.9 Å². The molecule has 0 aliphatic carbocycles. The lowest BCUT2D eigenvalue weighted by Crippen LogP contribution is -2.46. The number of hydrogen-bond acceptors (Lipinski definition) is 2. The first-order chi connectivity index (χ1) is 16.6. The highest BCUT2D eigenvalue weighted by atomic mass is 35.5. The lowest BCUT2D eigenvalue weighted by Gasteiger charge is -2.25. The van der Waals surface area contributed by atoms with Crippen molar-refractivity contribution in [2.75, 3.05) is 0 Å². The molecule has 0 N–H and O–H groups in total. The lowest BCUT2D eigenvalue weighted by molar-refractivity contribution is -0.137. The van der Waals surface area contributed by atoms with E-state index in [-0.39, 0.29) is 0 Å². The van der Waals surface area contributed by atoms with Gasteiger partial charge in [0.15, 0.2) is 0 Å². The zero-order chi connectivity index (χ0) is 25.2. The van der Waals surface area contributed by atoms with Crippen molar-refractivity contribution in [3.63, 3.8) is 0 Å². The normalized spacial score (nSPS) is 12.4. The zero-order valence-electron chi connectivity index (χ0n) is 19.0. The maximum absolute atomic E-state index is 13.2. The van der Waals surface area contributed by atoms with Crippen molar-refractivity contribution in [3.8, 4) is 0 Å². The van der Waals surface area contributed by atoms with Gasteiger partial charge < -0.3 is 4.65 Å². The summed E-state index contributed by atoms with van der Waals surface area (Å²) < 4.78 is 46.2. The van der Waals surface area contributed by atoms with Gasteiger partial charge in [0.05, 0.1) is 11.3 Å². The Labute approximate surface area is 212 Å². The molecule has 0 aliphatic rings. The molecule has 0 saturated heterocycles.